The van der Waals surface area contributed by atoms with Gasteiger partial charge in [-0.05, 0) is 32.4 Å². The quantitative estimate of drug-likeness (QED) is 0.319. The summed E-state index contributed by atoms with van der Waals surface area (Å²) in [5.41, 5.74) is 0. The molecule has 0 aromatic carbocycles. The van der Waals surface area contributed by atoms with E-state index in [1.807, 2.05) is 25.9 Å². The van der Waals surface area contributed by atoms with E-state index in [9.17, 15) is 5.21 Å². The summed E-state index contributed by atoms with van der Waals surface area (Å²) in [4.78, 5) is 5.77. The number of hydrogen-bond donors (Lipinski definition) is 0. The second-order valence-electron chi connectivity index (χ2n) is 2.83. The highest BCUT2D eigenvalue weighted by Gasteiger charge is 1.91. The molecule has 0 aliphatic carbocycles. The first kappa shape index (κ1) is 15.1. The maximum atomic E-state index is 10.9. The first-order valence-corrected chi connectivity index (χ1v) is 4.18. The number of nitrogens with zero attached hydrogens (tertiary/aromatic N) is 3. The predicted octanol–water partition coefficient (Wildman–Crippen LogP) is 1.22. The van der Waals surface area contributed by atoms with E-state index in [1.165, 1.54) is 0 Å². The van der Waals surface area contributed by atoms with E-state index < -0.39 is 0 Å². The third-order valence-electron chi connectivity index (χ3n) is 1.31. The Bertz CT molecular complexity index is 176. The minimum absolute atomic E-state index is 0. The molecule has 0 heterocycles. The molecule has 5 heteroatoms. The van der Waals surface area contributed by atoms with Gasteiger partial charge in [0.2, 0.25) is 0 Å². The normalized spacial score (nSPS) is 8.92. The molecule has 0 rings (SSSR count). The molecule has 13 heavy (non-hydrogen) atoms. The fourth-order valence-corrected chi connectivity index (χ4v) is 0.730. The summed E-state index contributed by atoms with van der Waals surface area (Å²) in [6, 6.07) is 2.39. The summed E-state index contributed by atoms with van der Waals surface area (Å²) in [5.74, 6) is 0. The van der Waals surface area contributed by atoms with Gasteiger partial charge in [-0.1, -0.05) is 0 Å². The third kappa shape index (κ3) is 11.6. The SMILES string of the molecule is Br.CCN=C=[N+]([O-])CCCN(C)C. The molecule has 0 aromatic heterocycles. The van der Waals surface area contributed by atoms with E-state index in [-0.39, 0.29) is 17.0 Å². The van der Waals surface area contributed by atoms with E-state index in [1.54, 1.807) is 0 Å². The average Bonchev–Trinajstić information content (AvgIpc) is 2.00. The minimum Gasteiger partial charge on any atom is -0.708 e. The topological polar surface area (TPSA) is 41.7 Å². The Balaban J connectivity index is 0. The van der Waals surface area contributed by atoms with Crippen molar-refractivity contribution < 1.29 is 4.74 Å². The Morgan fingerprint density at radius 2 is 2.08 bits per heavy atom. The molecule has 0 aliphatic rings. The van der Waals surface area contributed by atoms with Gasteiger partial charge in [0, 0.05) is 6.54 Å². The van der Waals surface area contributed by atoms with Crippen LogP contribution in [0.5, 0.6) is 0 Å². The summed E-state index contributed by atoms with van der Waals surface area (Å²) in [5, 5.41) is 10.9. The first-order valence-electron chi connectivity index (χ1n) is 4.18. The van der Waals surface area contributed by atoms with Gasteiger partial charge in [-0.3, -0.25) is 0 Å². The number of aliphatic imine (C=N–C) groups is 1. The van der Waals surface area contributed by atoms with E-state index in [2.05, 4.69) is 11.0 Å². The second-order valence-corrected chi connectivity index (χ2v) is 2.83. The number of halogens is 1. The first-order chi connectivity index (χ1) is 5.66. The van der Waals surface area contributed by atoms with E-state index in [4.69, 9.17) is 0 Å². The van der Waals surface area contributed by atoms with Crippen molar-refractivity contribution in [1.29, 1.82) is 0 Å². The minimum atomic E-state index is 0. The Kier molecular flexibility index (Phi) is 11.3. The van der Waals surface area contributed by atoms with Crippen LogP contribution in [-0.2, 0) is 0 Å². The van der Waals surface area contributed by atoms with Gasteiger partial charge in [-0.15, -0.1) is 17.0 Å². The second kappa shape index (κ2) is 9.71. The Hall–Kier alpha value is -0.380. The molecule has 0 amide bonds. The van der Waals surface area contributed by atoms with Crippen LogP contribution < -0.4 is 0 Å². The van der Waals surface area contributed by atoms with Crippen LogP contribution in [0.1, 0.15) is 13.3 Å². The highest BCUT2D eigenvalue weighted by Crippen LogP contribution is 1.82. The molecule has 0 unspecified atom stereocenters. The fourth-order valence-electron chi connectivity index (χ4n) is 0.730. The van der Waals surface area contributed by atoms with Crippen molar-refractivity contribution in [3.05, 3.63) is 5.21 Å². The molecule has 0 radical (unpaired) electrons. The van der Waals surface area contributed by atoms with E-state index in [0.717, 1.165) is 17.7 Å². The molecule has 78 valence electrons. The van der Waals surface area contributed by atoms with Crippen molar-refractivity contribution in [2.45, 2.75) is 13.3 Å². The van der Waals surface area contributed by atoms with Crippen LogP contribution >= 0.6 is 17.0 Å². The molecule has 0 saturated carbocycles. The van der Waals surface area contributed by atoms with Crippen LogP contribution in [-0.4, -0.2) is 49.4 Å². The van der Waals surface area contributed by atoms with Crippen molar-refractivity contribution in [2.24, 2.45) is 4.99 Å². The summed E-state index contributed by atoms with van der Waals surface area (Å²) >= 11 is 0. The average molecular weight is 252 g/mol. The molecule has 0 atom stereocenters. The van der Waals surface area contributed by atoms with Gasteiger partial charge in [0.05, 0.1) is 6.54 Å². The lowest BCUT2D eigenvalue weighted by Crippen LogP contribution is -2.16. The zero-order chi connectivity index (χ0) is 9.40. The van der Waals surface area contributed by atoms with Gasteiger partial charge < -0.3 is 10.1 Å². The zero-order valence-electron chi connectivity index (χ0n) is 8.49. The molecular formula is C8H18BrN3O. The van der Waals surface area contributed by atoms with Crippen LogP contribution in [0.2, 0.25) is 0 Å². The van der Waals surface area contributed by atoms with Crippen LogP contribution in [0.4, 0.5) is 0 Å². The lowest BCUT2D eigenvalue weighted by atomic mass is 10.4. The van der Waals surface area contributed by atoms with Gasteiger partial charge in [-0.25, -0.2) is 4.74 Å². The van der Waals surface area contributed by atoms with Crippen LogP contribution in [0, 0.1) is 5.21 Å². The molecule has 0 bridgehead atoms. The summed E-state index contributed by atoms with van der Waals surface area (Å²) < 4.78 is 0.757. The predicted molar refractivity (Wildman–Crippen MR) is 60.0 cm³/mol. The number of hydrogen-bond acceptors (Lipinski definition) is 3. The van der Waals surface area contributed by atoms with Gasteiger partial charge in [0.15, 0.2) is 0 Å². The maximum Gasteiger partial charge on any atom is 0.310 e. The monoisotopic (exact) mass is 251 g/mol. The highest BCUT2D eigenvalue weighted by atomic mass is 79.9. The van der Waals surface area contributed by atoms with Gasteiger partial charge in [0.1, 0.15) is 6.54 Å². The lowest BCUT2D eigenvalue weighted by Gasteiger charge is -2.09. The van der Waals surface area contributed by atoms with Crippen molar-refractivity contribution in [2.75, 3.05) is 33.7 Å². The molecule has 0 spiro atoms. The van der Waals surface area contributed by atoms with Gasteiger partial charge >= 0.3 is 6.01 Å². The van der Waals surface area contributed by atoms with Crippen molar-refractivity contribution in [3.8, 4) is 0 Å². The Morgan fingerprint density at radius 1 is 1.46 bits per heavy atom. The standard InChI is InChI=1S/C8H17N3O.BrH/c1-4-9-8-11(12)7-5-6-10(2)3;/h4-7H2,1-3H3;1H. The number of hydroxylamine groups is 1. The molecule has 0 fully saturated rings. The van der Waals surface area contributed by atoms with E-state index in [0.29, 0.717) is 13.1 Å². The Labute approximate surface area is 90.3 Å². The molecule has 0 saturated heterocycles. The molecule has 4 nitrogen and oxygen atoms in total. The van der Waals surface area contributed by atoms with Crippen molar-refractivity contribution in [1.82, 2.24) is 4.90 Å². The van der Waals surface area contributed by atoms with Crippen molar-refractivity contribution in [3.63, 3.8) is 0 Å². The summed E-state index contributed by atoms with van der Waals surface area (Å²) in [6.45, 7) is 3.89. The van der Waals surface area contributed by atoms with Crippen LogP contribution in [0.25, 0.3) is 0 Å². The molecule has 0 aliphatic heterocycles. The molecule has 0 N–H and O–H groups in total. The lowest BCUT2D eigenvalue weighted by molar-refractivity contribution is -0.451. The summed E-state index contributed by atoms with van der Waals surface area (Å²) in [7, 11) is 3.97. The van der Waals surface area contributed by atoms with Gasteiger partial charge in [0.25, 0.3) is 0 Å². The highest BCUT2D eigenvalue weighted by molar-refractivity contribution is 8.93. The smallest absolute Gasteiger partial charge is 0.310 e. The largest absolute Gasteiger partial charge is 0.708 e. The van der Waals surface area contributed by atoms with Crippen LogP contribution in [0.3, 0.4) is 0 Å². The van der Waals surface area contributed by atoms with E-state index >= 15 is 0 Å². The molecule has 0 aromatic rings. The maximum absolute atomic E-state index is 10.9. The number of rotatable bonds is 5. The summed E-state index contributed by atoms with van der Waals surface area (Å²) in [6.07, 6.45) is 0.850. The third-order valence-corrected chi connectivity index (χ3v) is 1.31. The van der Waals surface area contributed by atoms with Crippen molar-refractivity contribution >= 4 is 23.0 Å². The van der Waals surface area contributed by atoms with Gasteiger partial charge in [-0.2, -0.15) is 0 Å². The molecular weight excluding hydrogens is 234 g/mol. The zero-order valence-corrected chi connectivity index (χ0v) is 10.2. The van der Waals surface area contributed by atoms with Crippen LogP contribution in [0.15, 0.2) is 4.99 Å². The Morgan fingerprint density at radius 3 is 2.54 bits per heavy atom. The fraction of sp³-hybridized carbons (Fsp3) is 0.875.